The number of rotatable bonds is 2. The molecule has 0 bridgehead atoms. The first kappa shape index (κ1) is 12.6. The van der Waals surface area contributed by atoms with Gasteiger partial charge in [-0.15, -0.1) is 0 Å². The van der Waals surface area contributed by atoms with Crippen molar-refractivity contribution in [3.8, 4) is 0 Å². The van der Waals surface area contributed by atoms with Crippen LogP contribution in [0.3, 0.4) is 0 Å². The fraction of sp³-hybridized carbons (Fsp3) is 0.316. The zero-order valence-electron chi connectivity index (χ0n) is 12.3. The standard InChI is InChI=1S/C19H20N2/c1-2-6-16-17-7-4-5-9-19(17)21(18(16)8-3-1)14-15-10-12-20-13-11-15/h4-5,7,9-13H,1-3,6,8,14H2. The summed E-state index contributed by atoms with van der Waals surface area (Å²) in [5.41, 5.74) is 5.88. The molecule has 106 valence electrons. The van der Waals surface area contributed by atoms with Crippen LogP contribution in [0.5, 0.6) is 0 Å². The van der Waals surface area contributed by atoms with Gasteiger partial charge >= 0.3 is 0 Å². The zero-order chi connectivity index (χ0) is 14.1. The number of pyridine rings is 1. The maximum absolute atomic E-state index is 4.13. The van der Waals surface area contributed by atoms with Gasteiger partial charge in [0.2, 0.25) is 0 Å². The van der Waals surface area contributed by atoms with Crippen LogP contribution in [0.2, 0.25) is 0 Å². The monoisotopic (exact) mass is 276 g/mol. The van der Waals surface area contributed by atoms with Gasteiger partial charge in [0.1, 0.15) is 0 Å². The Bertz CT molecular complexity index is 756. The van der Waals surface area contributed by atoms with Gasteiger partial charge in [-0.1, -0.05) is 24.6 Å². The molecular weight excluding hydrogens is 256 g/mol. The molecule has 0 unspecified atom stereocenters. The Morgan fingerprint density at radius 2 is 1.71 bits per heavy atom. The van der Waals surface area contributed by atoms with Crippen LogP contribution in [0, 0.1) is 0 Å². The molecule has 0 N–H and O–H groups in total. The van der Waals surface area contributed by atoms with Crippen molar-refractivity contribution >= 4 is 10.9 Å². The lowest BCUT2D eigenvalue weighted by Crippen LogP contribution is -2.05. The summed E-state index contributed by atoms with van der Waals surface area (Å²) in [5.74, 6) is 0. The van der Waals surface area contributed by atoms with E-state index in [9.17, 15) is 0 Å². The van der Waals surface area contributed by atoms with Crippen molar-refractivity contribution in [1.29, 1.82) is 0 Å². The summed E-state index contributed by atoms with van der Waals surface area (Å²) in [5, 5.41) is 1.46. The van der Waals surface area contributed by atoms with Crippen LogP contribution in [-0.4, -0.2) is 9.55 Å². The Morgan fingerprint density at radius 1 is 0.905 bits per heavy atom. The van der Waals surface area contributed by atoms with Crippen molar-refractivity contribution in [2.24, 2.45) is 0 Å². The molecule has 21 heavy (non-hydrogen) atoms. The predicted molar refractivity (Wildman–Crippen MR) is 86.5 cm³/mol. The van der Waals surface area contributed by atoms with Crippen LogP contribution in [0.4, 0.5) is 0 Å². The Labute approximate surface area is 125 Å². The molecule has 1 aliphatic rings. The van der Waals surface area contributed by atoms with E-state index in [0.717, 1.165) is 6.54 Å². The lowest BCUT2D eigenvalue weighted by Gasteiger charge is -2.11. The number of benzene rings is 1. The average molecular weight is 276 g/mol. The summed E-state index contributed by atoms with van der Waals surface area (Å²) >= 11 is 0. The number of fused-ring (bicyclic) bond motifs is 3. The molecule has 2 heteroatoms. The second-order valence-corrected chi connectivity index (χ2v) is 5.94. The number of hydrogen-bond acceptors (Lipinski definition) is 1. The van der Waals surface area contributed by atoms with E-state index in [1.807, 2.05) is 12.4 Å². The highest BCUT2D eigenvalue weighted by Crippen LogP contribution is 2.31. The summed E-state index contributed by atoms with van der Waals surface area (Å²) in [4.78, 5) is 4.13. The first-order chi connectivity index (χ1) is 10.4. The molecule has 1 aromatic carbocycles. The van der Waals surface area contributed by atoms with E-state index in [4.69, 9.17) is 0 Å². The molecule has 0 spiro atoms. The Hall–Kier alpha value is -2.09. The fourth-order valence-electron chi connectivity index (χ4n) is 3.62. The molecule has 0 saturated carbocycles. The molecule has 0 saturated heterocycles. The third-order valence-electron chi connectivity index (χ3n) is 4.62. The Morgan fingerprint density at radius 3 is 2.62 bits per heavy atom. The summed E-state index contributed by atoms with van der Waals surface area (Å²) in [6.07, 6.45) is 10.2. The van der Waals surface area contributed by atoms with Gasteiger partial charge in [-0.2, -0.15) is 0 Å². The van der Waals surface area contributed by atoms with E-state index in [2.05, 4.69) is 45.9 Å². The number of nitrogens with zero attached hydrogens (tertiary/aromatic N) is 2. The number of aromatic nitrogens is 2. The normalized spacial score (nSPS) is 14.9. The molecule has 2 heterocycles. The topological polar surface area (TPSA) is 17.8 Å². The molecular formula is C19H20N2. The second kappa shape index (κ2) is 5.36. The van der Waals surface area contributed by atoms with E-state index in [-0.39, 0.29) is 0 Å². The van der Waals surface area contributed by atoms with E-state index < -0.39 is 0 Å². The number of hydrogen-bond donors (Lipinski definition) is 0. The summed E-state index contributed by atoms with van der Waals surface area (Å²) in [7, 11) is 0. The lowest BCUT2D eigenvalue weighted by molar-refractivity contribution is 0.687. The van der Waals surface area contributed by atoms with Gasteiger partial charge in [0.25, 0.3) is 0 Å². The molecule has 0 fully saturated rings. The molecule has 0 aliphatic heterocycles. The summed E-state index contributed by atoms with van der Waals surface area (Å²) in [6.45, 7) is 0.957. The van der Waals surface area contributed by atoms with Gasteiger partial charge in [0, 0.05) is 35.5 Å². The van der Waals surface area contributed by atoms with Gasteiger partial charge < -0.3 is 4.57 Å². The van der Waals surface area contributed by atoms with Gasteiger partial charge in [0.15, 0.2) is 0 Å². The number of para-hydroxylation sites is 1. The number of aryl methyl sites for hydroxylation is 1. The minimum atomic E-state index is 0.957. The SMILES string of the molecule is c1ccc2c(c1)c1c(n2Cc2ccncc2)CCCCC1. The van der Waals surface area contributed by atoms with Crippen molar-refractivity contribution in [3.05, 3.63) is 65.6 Å². The lowest BCUT2D eigenvalue weighted by atomic mass is 10.1. The van der Waals surface area contributed by atoms with Crippen LogP contribution >= 0.6 is 0 Å². The molecule has 2 aromatic heterocycles. The van der Waals surface area contributed by atoms with E-state index in [1.54, 1.807) is 11.3 Å². The molecule has 0 radical (unpaired) electrons. The van der Waals surface area contributed by atoms with Gasteiger partial charge in [-0.05, 0) is 55.0 Å². The predicted octanol–water partition coefficient (Wildman–Crippen LogP) is 4.35. The first-order valence-corrected chi connectivity index (χ1v) is 7.91. The van der Waals surface area contributed by atoms with E-state index in [1.165, 1.54) is 48.6 Å². The van der Waals surface area contributed by atoms with Gasteiger partial charge in [-0.3, -0.25) is 4.98 Å². The average Bonchev–Trinajstić information content (AvgIpc) is 2.69. The molecule has 1 aliphatic carbocycles. The van der Waals surface area contributed by atoms with Crippen molar-refractivity contribution in [2.75, 3.05) is 0 Å². The maximum Gasteiger partial charge on any atom is 0.0488 e. The first-order valence-electron chi connectivity index (χ1n) is 7.91. The fourth-order valence-corrected chi connectivity index (χ4v) is 3.62. The molecule has 0 amide bonds. The van der Waals surface area contributed by atoms with E-state index >= 15 is 0 Å². The van der Waals surface area contributed by atoms with Crippen molar-refractivity contribution < 1.29 is 0 Å². The highest BCUT2D eigenvalue weighted by Gasteiger charge is 2.18. The minimum Gasteiger partial charge on any atom is -0.340 e. The van der Waals surface area contributed by atoms with Crippen molar-refractivity contribution in [2.45, 2.75) is 38.6 Å². The quantitative estimate of drug-likeness (QED) is 0.636. The van der Waals surface area contributed by atoms with Crippen LogP contribution in [0.1, 0.15) is 36.1 Å². The van der Waals surface area contributed by atoms with Crippen molar-refractivity contribution in [3.63, 3.8) is 0 Å². The molecule has 2 nitrogen and oxygen atoms in total. The Kier molecular flexibility index (Phi) is 3.23. The third kappa shape index (κ3) is 2.25. The molecule has 4 rings (SSSR count). The van der Waals surface area contributed by atoms with Gasteiger partial charge in [0.05, 0.1) is 0 Å². The smallest absolute Gasteiger partial charge is 0.0488 e. The highest BCUT2D eigenvalue weighted by atomic mass is 15.0. The minimum absolute atomic E-state index is 0.957. The molecule has 0 atom stereocenters. The Balaban J connectivity index is 1.88. The van der Waals surface area contributed by atoms with Crippen LogP contribution in [0.15, 0.2) is 48.8 Å². The summed E-state index contributed by atoms with van der Waals surface area (Å²) in [6, 6.07) is 13.1. The van der Waals surface area contributed by atoms with Gasteiger partial charge in [-0.25, -0.2) is 0 Å². The van der Waals surface area contributed by atoms with Crippen LogP contribution in [-0.2, 0) is 19.4 Å². The second-order valence-electron chi connectivity index (χ2n) is 5.94. The van der Waals surface area contributed by atoms with Crippen LogP contribution < -0.4 is 0 Å². The van der Waals surface area contributed by atoms with Crippen LogP contribution in [0.25, 0.3) is 10.9 Å². The summed E-state index contributed by atoms with van der Waals surface area (Å²) < 4.78 is 2.53. The zero-order valence-corrected chi connectivity index (χ0v) is 12.3. The van der Waals surface area contributed by atoms with Crippen molar-refractivity contribution in [1.82, 2.24) is 9.55 Å². The third-order valence-corrected chi connectivity index (χ3v) is 4.62. The maximum atomic E-state index is 4.13. The van der Waals surface area contributed by atoms with E-state index in [0.29, 0.717) is 0 Å². The molecule has 3 aromatic rings. The highest BCUT2D eigenvalue weighted by molar-refractivity contribution is 5.85. The largest absolute Gasteiger partial charge is 0.340 e.